The molecule has 6 nitrogen and oxygen atoms in total. The molecule has 1 aliphatic carbocycles. The Kier molecular flexibility index (Phi) is 4.40. The maximum Gasteiger partial charge on any atom is 0.150 e. The fraction of sp³-hybridized carbons (Fsp3) is 0.192. The average Bonchev–Trinajstić information content (AvgIpc) is 3.19. The zero-order valence-corrected chi connectivity index (χ0v) is 17.6. The molecule has 2 unspecified atom stereocenters. The Bertz CT molecular complexity index is 1440. The van der Waals surface area contributed by atoms with Crippen molar-refractivity contribution >= 4 is 22.2 Å². The van der Waals surface area contributed by atoms with Gasteiger partial charge in [-0.25, -0.2) is 15.0 Å². The number of fused-ring (bicyclic) bond motifs is 2. The fourth-order valence-electron chi connectivity index (χ4n) is 4.78. The number of aromatic nitrogens is 4. The van der Waals surface area contributed by atoms with E-state index >= 15 is 0 Å². The third-order valence-electron chi connectivity index (χ3n) is 6.70. The van der Waals surface area contributed by atoms with Gasteiger partial charge >= 0.3 is 0 Å². The smallest absolute Gasteiger partial charge is 0.150 e. The van der Waals surface area contributed by atoms with Gasteiger partial charge in [-0.3, -0.25) is 4.40 Å². The predicted molar refractivity (Wildman–Crippen MR) is 128 cm³/mol. The summed E-state index contributed by atoms with van der Waals surface area (Å²) in [6.07, 6.45) is 5.94. The molecular formula is C26H24N6. The Morgan fingerprint density at radius 2 is 1.78 bits per heavy atom. The molecule has 158 valence electrons. The number of pyridine rings is 1. The van der Waals surface area contributed by atoms with E-state index < -0.39 is 0 Å². The van der Waals surface area contributed by atoms with Crippen molar-refractivity contribution in [2.45, 2.75) is 18.8 Å². The lowest BCUT2D eigenvalue weighted by Gasteiger charge is -2.34. The second-order valence-corrected chi connectivity index (χ2v) is 8.50. The zero-order valence-electron chi connectivity index (χ0n) is 17.6. The maximum absolute atomic E-state index is 6.33. The summed E-state index contributed by atoms with van der Waals surface area (Å²) in [5.74, 6) is 2.33. The Morgan fingerprint density at radius 1 is 0.938 bits per heavy atom. The molecule has 32 heavy (non-hydrogen) atoms. The second kappa shape index (κ2) is 7.43. The highest BCUT2D eigenvalue weighted by Gasteiger charge is 2.35. The van der Waals surface area contributed by atoms with E-state index in [1.54, 1.807) is 6.20 Å². The first kappa shape index (κ1) is 19.0. The molecule has 0 saturated heterocycles. The molecule has 1 saturated carbocycles. The van der Waals surface area contributed by atoms with Gasteiger partial charge in [-0.15, -0.1) is 0 Å². The molecule has 0 amide bonds. The Labute approximate surface area is 186 Å². The van der Waals surface area contributed by atoms with Gasteiger partial charge in [-0.05, 0) is 37.4 Å². The molecule has 6 rings (SSSR count). The molecule has 0 spiro atoms. The number of rotatable bonds is 4. The van der Waals surface area contributed by atoms with Crippen molar-refractivity contribution in [2.75, 3.05) is 12.3 Å². The molecule has 3 heterocycles. The van der Waals surface area contributed by atoms with Gasteiger partial charge < -0.3 is 11.5 Å². The van der Waals surface area contributed by atoms with E-state index in [0.717, 1.165) is 57.6 Å². The lowest BCUT2D eigenvalue weighted by molar-refractivity contribution is 0.252. The van der Waals surface area contributed by atoms with E-state index in [9.17, 15) is 0 Å². The highest BCUT2D eigenvalue weighted by atomic mass is 15.1. The van der Waals surface area contributed by atoms with Gasteiger partial charge in [0.1, 0.15) is 22.9 Å². The van der Waals surface area contributed by atoms with Crippen LogP contribution in [0.5, 0.6) is 0 Å². The summed E-state index contributed by atoms with van der Waals surface area (Å²) < 4.78 is 2.10. The Balaban J connectivity index is 1.52. The van der Waals surface area contributed by atoms with Crippen LogP contribution in [0.3, 0.4) is 0 Å². The molecule has 0 radical (unpaired) electrons. The minimum atomic E-state index is 0.353. The van der Waals surface area contributed by atoms with Gasteiger partial charge in [0.25, 0.3) is 0 Å². The van der Waals surface area contributed by atoms with Crippen LogP contribution >= 0.6 is 0 Å². The number of hydrogen-bond acceptors (Lipinski definition) is 5. The highest BCUT2D eigenvalue weighted by Crippen LogP contribution is 2.43. The molecule has 1 fully saturated rings. The third kappa shape index (κ3) is 2.95. The minimum Gasteiger partial charge on any atom is -0.382 e. The number of anilines is 1. The molecule has 0 aliphatic heterocycles. The van der Waals surface area contributed by atoms with Crippen LogP contribution in [0.1, 0.15) is 24.6 Å². The van der Waals surface area contributed by atoms with Gasteiger partial charge in [0, 0.05) is 34.8 Å². The van der Waals surface area contributed by atoms with Crippen LogP contribution in [-0.4, -0.2) is 25.9 Å². The molecule has 2 aromatic carbocycles. The van der Waals surface area contributed by atoms with E-state index in [1.165, 1.54) is 0 Å². The number of nitrogens with zero attached hydrogens (tertiary/aromatic N) is 4. The molecule has 5 aromatic rings. The van der Waals surface area contributed by atoms with Crippen LogP contribution in [0.4, 0.5) is 5.82 Å². The number of nitrogen functional groups attached to an aromatic ring is 1. The SMILES string of the molecule is NCC1CCC1c1nc(-c2ccc3ccc(-c4ccccc4)nc3c2)c2c(N)nccn12. The second-order valence-electron chi connectivity index (χ2n) is 8.50. The van der Waals surface area contributed by atoms with Crippen molar-refractivity contribution in [3.05, 3.63) is 78.9 Å². The summed E-state index contributed by atoms with van der Waals surface area (Å²) in [6.45, 7) is 0.678. The zero-order chi connectivity index (χ0) is 21.7. The summed E-state index contributed by atoms with van der Waals surface area (Å²) in [5.41, 5.74) is 18.0. The summed E-state index contributed by atoms with van der Waals surface area (Å²) in [7, 11) is 0. The molecule has 1 aliphatic rings. The van der Waals surface area contributed by atoms with Crippen molar-refractivity contribution in [2.24, 2.45) is 11.7 Å². The summed E-state index contributed by atoms with van der Waals surface area (Å²) >= 11 is 0. The topological polar surface area (TPSA) is 95.1 Å². The number of nitrogens with two attached hydrogens (primary N) is 2. The summed E-state index contributed by atoms with van der Waals surface area (Å²) in [4.78, 5) is 14.4. The summed E-state index contributed by atoms with van der Waals surface area (Å²) in [5, 5.41) is 1.09. The summed E-state index contributed by atoms with van der Waals surface area (Å²) in [6, 6.07) is 20.7. The van der Waals surface area contributed by atoms with Crippen molar-refractivity contribution in [3.8, 4) is 22.5 Å². The lowest BCUT2D eigenvalue weighted by Crippen LogP contribution is -2.31. The van der Waals surface area contributed by atoms with Crippen LogP contribution in [0.2, 0.25) is 0 Å². The van der Waals surface area contributed by atoms with E-state index in [0.29, 0.717) is 24.2 Å². The highest BCUT2D eigenvalue weighted by molar-refractivity contribution is 5.91. The largest absolute Gasteiger partial charge is 0.382 e. The lowest BCUT2D eigenvalue weighted by atomic mass is 9.73. The van der Waals surface area contributed by atoms with Gasteiger partial charge in [0.05, 0.1) is 11.2 Å². The van der Waals surface area contributed by atoms with Crippen LogP contribution in [-0.2, 0) is 0 Å². The Hall–Kier alpha value is -3.77. The minimum absolute atomic E-state index is 0.353. The first-order valence-corrected chi connectivity index (χ1v) is 11.0. The first-order valence-electron chi connectivity index (χ1n) is 11.0. The molecular weight excluding hydrogens is 396 g/mol. The molecule has 4 N–H and O–H groups in total. The van der Waals surface area contributed by atoms with Crippen LogP contribution < -0.4 is 11.5 Å². The van der Waals surface area contributed by atoms with Crippen molar-refractivity contribution in [1.29, 1.82) is 0 Å². The quantitative estimate of drug-likeness (QED) is 0.441. The van der Waals surface area contributed by atoms with E-state index in [4.69, 9.17) is 21.4 Å². The van der Waals surface area contributed by atoms with Gasteiger partial charge in [-0.1, -0.05) is 48.5 Å². The monoisotopic (exact) mass is 420 g/mol. The molecule has 0 bridgehead atoms. The van der Waals surface area contributed by atoms with Crippen molar-refractivity contribution in [1.82, 2.24) is 19.4 Å². The number of hydrogen-bond donors (Lipinski definition) is 2. The third-order valence-corrected chi connectivity index (χ3v) is 6.70. The van der Waals surface area contributed by atoms with Gasteiger partial charge in [0.15, 0.2) is 0 Å². The molecule has 6 heteroatoms. The maximum atomic E-state index is 6.33. The van der Waals surface area contributed by atoms with Crippen LogP contribution in [0.15, 0.2) is 73.1 Å². The predicted octanol–water partition coefficient (Wildman–Crippen LogP) is 4.65. The van der Waals surface area contributed by atoms with Gasteiger partial charge in [-0.2, -0.15) is 0 Å². The Morgan fingerprint density at radius 3 is 2.56 bits per heavy atom. The van der Waals surface area contributed by atoms with Crippen LogP contribution in [0.25, 0.3) is 38.9 Å². The van der Waals surface area contributed by atoms with E-state index in [1.807, 2.05) is 24.4 Å². The van der Waals surface area contributed by atoms with Gasteiger partial charge in [0.2, 0.25) is 0 Å². The fourth-order valence-corrected chi connectivity index (χ4v) is 4.78. The number of imidazole rings is 1. The average molecular weight is 421 g/mol. The van der Waals surface area contributed by atoms with Crippen molar-refractivity contribution < 1.29 is 0 Å². The first-order chi connectivity index (χ1) is 15.7. The normalized spacial score (nSPS) is 18.2. The molecule has 2 atom stereocenters. The van der Waals surface area contributed by atoms with Crippen molar-refractivity contribution in [3.63, 3.8) is 0 Å². The number of benzene rings is 2. The van der Waals surface area contributed by atoms with Crippen LogP contribution in [0, 0.1) is 5.92 Å². The van der Waals surface area contributed by atoms with E-state index in [2.05, 4.69) is 51.8 Å². The van der Waals surface area contributed by atoms with E-state index in [-0.39, 0.29) is 0 Å². The standard InChI is InChI=1S/C26H24N6/c27-15-19-8-10-20(19)26-31-23(24-25(28)29-12-13-32(24)26)18-7-6-17-9-11-21(30-22(17)14-18)16-4-2-1-3-5-16/h1-7,9,11-14,19-20H,8,10,15,27H2,(H2,28,29). The molecule has 3 aromatic heterocycles.